The van der Waals surface area contributed by atoms with Gasteiger partial charge in [0.05, 0.1) is 6.10 Å². The van der Waals surface area contributed by atoms with Crippen LogP contribution in [0.1, 0.15) is 32.1 Å². The molecule has 1 saturated heterocycles. The summed E-state index contributed by atoms with van der Waals surface area (Å²) < 4.78 is 5.28. The molecule has 1 N–H and O–H groups in total. The average Bonchev–Trinajstić information content (AvgIpc) is 2.18. The Kier molecular flexibility index (Phi) is 3.82. The van der Waals surface area contributed by atoms with Crippen LogP contribution in [0.3, 0.4) is 0 Å². The van der Waals surface area contributed by atoms with Crippen LogP contribution in [-0.2, 0) is 9.53 Å². The molecule has 16 heavy (non-hydrogen) atoms. The van der Waals surface area contributed by atoms with E-state index in [4.69, 9.17) is 9.84 Å². The van der Waals surface area contributed by atoms with E-state index in [0.29, 0.717) is 24.5 Å². The number of methoxy groups -OCH3 is 1. The number of hydrogen-bond donors (Lipinski definition) is 1. The minimum absolute atomic E-state index is 0.346. The molecule has 1 heterocycles. The van der Waals surface area contributed by atoms with Crippen LogP contribution in [-0.4, -0.2) is 48.3 Å². The molecule has 0 bridgehead atoms. The third-order valence-electron chi connectivity index (χ3n) is 4.03. The van der Waals surface area contributed by atoms with Gasteiger partial charge < -0.3 is 14.7 Å². The summed E-state index contributed by atoms with van der Waals surface area (Å²) in [6, 6.07) is 0.690. The molecule has 0 aromatic rings. The number of ether oxygens (including phenoxy) is 1. The van der Waals surface area contributed by atoms with Gasteiger partial charge in [0.15, 0.2) is 0 Å². The average molecular weight is 227 g/mol. The normalized spacial score (nSPS) is 32.3. The van der Waals surface area contributed by atoms with Crippen LogP contribution in [0.4, 0.5) is 0 Å². The highest BCUT2D eigenvalue weighted by atomic mass is 16.5. The Morgan fingerprint density at radius 2 is 2.00 bits per heavy atom. The van der Waals surface area contributed by atoms with Gasteiger partial charge in [0.1, 0.15) is 0 Å². The molecule has 1 aliphatic carbocycles. The van der Waals surface area contributed by atoms with E-state index in [1.54, 1.807) is 7.11 Å². The Morgan fingerprint density at radius 3 is 2.50 bits per heavy atom. The largest absolute Gasteiger partial charge is 0.481 e. The molecule has 0 amide bonds. The lowest BCUT2D eigenvalue weighted by Gasteiger charge is -2.45. The summed E-state index contributed by atoms with van der Waals surface area (Å²) in [6.07, 6.45) is 5.20. The fourth-order valence-corrected chi connectivity index (χ4v) is 2.80. The van der Waals surface area contributed by atoms with Gasteiger partial charge in [0, 0.05) is 19.6 Å². The lowest BCUT2D eigenvalue weighted by atomic mass is 9.85. The summed E-state index contributed by atoms with van der Waals surface area (Å²) in [5.41, 5.74) is 0. The third-order valence-corrected chi connectivity index (χ3v) is 4.03. The highest BCUT2D eigenvalue weighted by Gasteiger charge is 2.35. The first-order valence-electron chi connectivity index (χ1n) is 6.17. The Bertz CT molecular complexity index is 243. The van der Waals surface area contributed by atoms with E-state index >= 15 is 0 Å². The molecule has 4 nitrogen and oxygen atoms in total. The zero-order chi connectivity index (χ0) is 11.5. The minimum Gasteiger partial charge on any atom is -0.481 e. The fraction of sp³-hybridized carbons (Fsp3) is 0.917. The quantitative estimate of drug-likeness (QED) is 0.787. The molecule has 1 aliphatic heterocycles. The van der Waals surface area contributed by atoms with Crippen molar-refractivity contribution >= 4 is 5.97 Å². The van der Waals surface area contributed by atoms with E-state index in [1.165, 1.54) is 0 Å². The van der Waals surface area contributed by atoms with Gasteiger partial charge in [0.2, 0.25) is 0 Å². The van der Waals surface area contributed by atoms with Gasteiger partial charge >= 0.3 is 5.97 Å². The molecule has 92 valence electrons. The van der Waals surface area contributed by atoms with Gasteiger partial charge in [-0.1, -0.05) is 0 Å². The van der Waals surface area contributed by atoms with Crippen molar-refractivity contribution < 1.29 is 14.6 Å². The van der Waals surface area contributed by atoms with Crippen molar-refractivity contribution in [3.05, 3.63) is 0 Å². The van der Waals surface area contributed by atoms with E-state index in [2.05, 4.69) is 4.90 Å². The van der Waals surface area contributed by atoms with Gasteiger partial charge in [-0.05, 0) is 44.7 Å². The first-order valence-corrected chi connectivity index (χ1v) is 6.17. The summed E-state index contributed by atoms with van der Waals surface area (Å²) in [6.45, 7) is 2.14. The maximum Gasteiger partial charge on any atom is 0.303 e. The molecule has 0 aromatic carbocycles. The number of aliphatic carboxylic acids is 1. The summed E-state index contributed by atoms with van der Waals surface area (Å²) in [5, 5.41) is 8.73. The van der Waals surface area contributed by atoms with Gasteiger partial charge in [-0.2, -0.15) is 0 Å². The van der Waals surface area contributed by atoms with E-state index in [9.17, 15) is 4.79 Å². The van der Waals surface area contributed by atoms with Crippen molar-refractivity contribution in [2.75, 3.05) is 20.2 Å². The number of likely N-dealkylation sites (tertiary alicyclic amines) is 1. The molecule has 2 fully saturated rings. The first kappa shape index (κ1) is 11.9. The van der Waals surface area contributed by atoms with E-state index < -0.39 is 5.97 Å². The second-order valence-corrected chi connectivity index (χ2v) is 5.06. The van der Waals surface area contributed by atoms with Crippen molar-refractivity contribution in [1.82, 2.24) is 4.90 Å². The molecule has 0 aromatic heterocycles. The monoisotopic (exact) mass is 227 g/mol. The maximum atomic E-state index is 10.6. The predicted octanol–water partition coefficient (Wildman–Crippen LogP) is 1.35. The molecule has 0 atom stereocenters. The molecule has 2 aliphatic rings. The number of rotatable bonds is 4. The lowest BCUT2D eigenvalue weighted by molar-refractivity contribution is -0.138. The van der Waals surface area contributed by atoms with Crippen LogP contribution >= 0.6 is 0 Å². The van der Waals surface area contributed by atoms with Crippen LogP contribution in [0, 0.1) is 5.92 Å². The summed E-state index contributed by atoms with van der Waals surface area (Å²) in [5.74, 6) is -0.256. The van der Waals surface area contributed by atoms with Gasteiger partial charge in [-0.25, -0.2) is 0 Å². The number of piperidine rings is 1. The van der Waals surface area contributed by atoms with Crippen LogP contribution in [0.15, 0.2) is 0 Å². The molecule has 0 unspecified atom stereocenters. The van der Waals surface area contributed by atoms with Crippen LogP contribution < -0.4 is 0 Å². The highest BCUT2D eigenvalue weighted by Crippen LogP contribution is 2.31. The summed E-state index contributed by atoms with van der Waals surface area (Å²) in [7, 11) is 1.78. The van der Waals surface area contributed by atoms with Gasteiger partial charge in [0.25, 0.3) is 0 Å². The number of carboxylic acids is 1. The van der Waals surface area contributed by atoms with Gasteiger partial charge in [-0.15, -0.1) is 0 Å². The number of nitrogens with zero attached hydrogens (tertiary/aromatic N) is 1. The van der Waals surface area contributed by atoms with Crippen LogP contribution in [0.2, 0.25) is 0 Å². The van der Waals surface area contributed by atoms with Crippen LogP contribution in [0.5, 0.6) is 0 Å². The number of carboxylic acid groups (broad SMARTS) is 1. The maximum absolute atomic E-state index is 10.6. The van der Waals surface area contributed by atoms with Crippen molar-refractivity contribution in [2.45, 2.75) is 44.2 Å². The molecule has 1 saturated carbocycles. The topological polar surface area (TPSA) is 49.8 Å². The molecular formula is C12H21NO3. The molecule has 4 heteroatoms. The molecule has 2 rings (SSSR count). The van der Waals surface area contributed by atoms with Crippen molar-refractivity contribution in [2.24, 2.45) is 5.92 Å². The zero-order valence-corrected chi connectivity index (χ0v) is 9.89. The Morgan fingerprint density at radius 1 is 1.38 bits per heavy atom. The fourth-order valence-electron chi connectivity index (χ4n) is 2.80. The Hall–Kier alpha value is -0.610. The van der Waals surface area contributed by atoms with Crippen molar-refractivity contribution in [3.8, 4) is 0 Å². The predicted molar refractivity (Wildman–Crippen MR) is 60.4 cm³/mol. The van der Waals surface area contributed by atoms with Crippen molar-refractivity contribution in [3.63, 3.8) is 0 Å². The standard InChI is InChI=1S/C12H21NO3/c1-16-11-7-10(8-11)13-4-2-9(3-5-13)6-12(14)15/h9-11H,2-8H2,1H3,(H,14,15). The SMILES string of the molecule is COC1CC(N2CCC(CC(=O)O)CC2)C1. The van der Waals surface area contributed by atoms with E-state index in [1.807, 2.05) is 0 Å². The number of hydrogen-bond acceptors (Lipinski definition) is 3. The molecule has 0 radical (unpaired) electrons. The second-order valence-electron chi connectivity index (χ2n) is 5.06. The van der Waals surface area contributed by atoms with E-state index in [-0.39, 0.29) is 0 Å². The number of carbonyl (C=O) groups is 1. The second kappa shape index (κ2) is 5.15. The Balaban J connectivity index is 1.68. The summed E-state index contributed by atoms with van der Waals surface area (Å²) >= 11 is 0. The van der Waals surface area contributed by atoms with Crippen molar-refractivity contribution in [1.29, 1.82) is 0 Å². The minimum atomic E-state index is -0.651. The van der Waals surface area contributed by atoms with Gasteiger partial charge in [-0.3, -0.25) is 4.79 Å². The summed E-state index contributed by atoms with van der Waals surface area (Å²) in [4.78, 5) is 13.1. The smallest absolute Gasteiger partial charge is 0.303 e. The zero-order valence-electron chi connectivity index (χ0n) is 9.89. The molecular weight excluding hydrogens is 206 g/mol. The third kappa shape index (κ3) is 2.74. The molecule has 0 spiro atoms. The lowest BCUT2D eigenvalue weighted by Crippen LogP contribution is -2.50. The Labute approximate surface area is 96.6 Å². The van der Waals surface area contributed by atoms with Crippen LogP contribution in [0.25, 0.3) is 0 Å². The van der Waals surface area contributed by atoms with E-state index in [0.717, 1.165) is 38.8 Å². The first-order chi connectivity index (χ1) is 7.69. The highest BCUT2D eigenvalue weighted by molar-refractivity contribution is 5.67.